The number of hydrogen-bond donors (Lipinski definition) is 1. The molecular weight excluding hydrogens is 144 g/mol. The fourth-order valence-corrected chi connectivity index (χ4v) is 0.692. The predicted octanol–water partition coefficient (Wildman–Crippen LogP) is 0.755. The van der Waals surface area contributed by atoms with Gasteiger partial charge in [0.15, 0.2) is 0 Å². The van der Waals surface area contributed by atoms with Crippen LogP contribution in [0, 0.1) is 0 Å². The summed E-state index contributed by atoms with van der Waals surface area (Å²) in [5.41, 5.74) is 0. The maximum absolute atomic E-state index is 10.4. The third-order valence-corrected chi connectivity index (χ3v) is 1.26. The molecule has 3 heteroatoms. The van der Waals surface area contributed by atoms with Crippen molar-refractivity contribution in [3.8, 4) is 0 Å². The van der Waals surface area contributed by atoms with E-state index in [0.717, 1.165) is 6.42 Å². The first kappa shape index (κ1) is 10.6. The van der Waals surface area contributed by atoms with Crippen LogP contribution in [0.5, 0.6) is 0 Å². The molecule has 0 atom stereocenters. The Morgan fingerprint density at radius 2 is 2.00 bits per heavy atom. The average molecular weight is 160 g/mol. The zero-order valence-corrected chi connectivity index (χ0v) is 7.01. The fraction of sp³-hybridized carbons (Fsp3) is 0.875. The van der Waals surface area contributed by atoms with E-state index in [-0.39, 0.29) is 12.4 Å². The molecule has 0 heterocycles. The molecule has 0 rings (SSSR count). The second kappa shape index (κ2) is 7.69. The third-order valence-electron chi connectivity index (χ3n) is 1.26. The highest BCUT2D eigenvalue weighted by Gasteiger charge is 1.92. The standard InChI is InChI=1S/C8H16O3/c1-8(10)4-2-6-11-7-3-5-9/h9H,2-7H2,1H3. The number of Topliss-reactive ketones (excluding diaryl/α,β-unsaturated/α-hetero) is 1. The van der Waals surface area contributed by atoms with Crippen molar-refractivity contribution < 1.29 is 14.6 Å². The lowest BCUT2D eigenvalue weighted by Gasteiger charge is -2.00. The Kier molecular flexibility index (Phi) is 7.41. The maximum Gasteiger partial charge on any atom is 0.129 e. The Labute approximate surface area is 67.4 Å². The van der Waals surface area contributed by atoms with Crippen molar-refractivity contribution in [2.24, 2.45) is 0 Å². The average Bonchev–Trinajstić information content (AvgIpc) is 1.96. The van der Waals surface area contributed by atoms with Crippen molar-refractivity contribution in [2.45, 2.75) is 26.2 Å². The molecule has 0 radical (unpaired) electrons. The van der Waals surface area contributed by atoms with Crippen LogP contribution in [0.3, 0.4) is 0 Å². The molecule has 0 saturated heterocycles. The normalized spacial score (nSPS) is 10.0. The van der Waals surface area contributed by atoms with Crippen molar-refractivity contribution in [1.29, 1.82) is 0 Å². The molecule has 0 fully saturated rings. The van der Waals surface area contributed by atoms with Gasteiger partial charge in [0.1, 0.15) is 5.78 Å². The van der Waals surface area contributed by atoms with Gasteiger partial charge in [-0.25, -0.2) is 0 Å². The van der Waals surface area contributed by atoms with Crippen LogP contribution in [0.1, 0.15) is 26.2 Å². The van der Waals surface area contributed by atoms with Gasteiger partial charge in [-0.15, -0.1) is 0 Å². The van der Waals surface area contributed by atoms with Crippen LogP contribution in [-0.4, -0.2) is 30.7 Å². The van der Waals surface area contributed by atoms with Gasteiger partial charge in [0.25, 0.3) is 0 Å². The number of carbonyl (C=O) groups is 1. The van der Waals surface area contributed by atoms with Gasteiger partial charge in [0.05, 0.1) is 0 Å². The van der Waals surface area contributed by atoms with Gasteiger partial charge >= 0.3 is 0 Å². The van der Waals surface area contributed by atoms with Gasteiger partial charge < -0.3 is 14.6 Å². The molecule has 3 nitrogen and oxygen atoms in total. The fourth-order valence-electron chi connectivity index (χ4n) is 0.692. The smallest absolute Gasteiger partial charge is 0.129 e. The van der Waals surface area contributed by atoms with Crippen LogP contribution in [0.2, 0.25) is 0 Å². The summed E-state index contributed by atoms with van der Waals surface area (Å²) < 4.78 is 5.11. The Morgan fingerprint density at radius 1 is 1.36 bits per heavy atom. The van der Waals surface area contributed by atoms with Crippen molar-refractivity contribution in [3.05, 3.63) is 0 Å². The van der Waals surface area contributed by atoms with Gasteiger partial charge in [-0.3, -0.25) is 0 Å². The molecule has 1 N–H and O–H groups in total. The van der Waals surface area contributed by atoms with Crippen LogP contribution < -0.4 is 0 Å². The lowest BCUT2D eigenvalue weighted by atomic mass is 10.2. The maximum atomic E-state index is 10.4. The highest BCUT2D eigenvalue weighted by molar-refractivity contribution is 5.75. The van der Waals surface area contributed by atoms with Gasteiger partial charge in [-0.2, -0.15) is 0 Å². The molecule has 0 saturated carbocycles. The number of ketones is 1. The van der Waals surface area contributed by atoms with E-state index in [4.69, 9.17) is 9.84 Å². The molecule has 0 aliphatic heterocycles. The third kappa shape index (κ3) is 9.59. The molecule has 0 aromatic heterocycles. The Bertz CT molecular complexity index is 102. The summed E-state index contributed by atoms with van der Waals surface area (Å²) in [7, 11) is 0. The van der Waals surface area contributed by atoms with E-state index in [1.807, 2.05) is 0 Å². The minimum atomic E-state index is 0.173. The van der Waals surface area contributed by atoms with E-state index in [2.05, 4.69) is 0 Å². The lowest BCUT2D eigenvalue weighted by Crippen LogP contribution is -2.00. The molecule has 11 heavy (non-hydrogen) atoms. The quantitative estimate of drug-likeness (QED) is 0.559. The highest BCUT2D eigenvalue weighted by Crippen LogP contribution is 1.91. The molecule has 0 spiro atoms. The Balaban J connectivity index is 2.85. The zero-order chi connectivity index (χ0) is 8.53. The SMILES string of the molecule is CC(=O)CCCOCCCO. The number of carbonyl (C=O) groups excluding carboxylic acids is 1. The summed E-state index contributed by atoms with van der Waals surface area (Å²) in [6.45, 7) is 2.97. The minimum absolute atomic E-state index is 0.173. The molecule has 0 unspecified atom stereocenters. The zero-order valence-electron chi connectivity index (χ0n) is 7.01. The van der Waals surface area contributed by atoms with E-state index in [9.17, 15) is 4.79 Å². The molecule has 66 valence electrons. The first-order valence-electron chi connectivity index (χ1n) is 3.95. The van der Waals surface area contributed by atoms with Crippen molar-refractivity contribution >= 4 is 5.78 Å². The van der Waals surface area contributed by atoms with E-state index in [1.165, 1.54) is 0 Å². The molecule has 0 aromatic carbocycles. The first-order chi connectivity index (χ1) is 5.27. The van der Waals surface area contributed by atoms with Gasteiger partial charge in [-0.05, 0) is 19.8 Å². The molecule has 0 amide bonds. The highest BCUT2D eigenvalue weighted by atomic mass is 16.5. The van der Waals surface area contributed by atoms with Crippen molar-refractivity contribution in [2.75, 3.05) is 19.8 Å². The topological polar surface area (TPSA) is 46.5 Å². The monoisotopic (exact) mass is 160 g/mol. The largest absolute Gasteiger partial charge is 0.396 e. The predicted molar refractivity (Wildman–Crippen MR) is 42.4 cm³/mol. The van der Waals surface area contributed by atoms with E-state index >= 15 is 0 Å². The van der Waals surface area contributed by atoms with Crippen molar-refractivity contribution in [3.63, 3.8) is 0 Å². The van der Waals surface area contributed by atoms with Crippen molar-refractivity contribution in [1.82, 2.24) is 0 Å². The summed E-state index contributed by atoms with van der Waals surface area (Å²) in [5.74, 6) is 0.204. The Morgan fingerprint density at radius 3 is 2.55 bits per heavy atom. The van der Waals surface area contributed by atoms with E-state index in [1.54, 1.807) is 6.92 Å². The van der Waals surface area contributed by atoms with Gasteiger partial charge in [0.2, 0.25) is 0 Å². The van der Waals surface area contributed by atoms with Crippen LogP contribution >= 0.6 is 0 Å². The van der Waals surface area contributed by atoms with Crippen LogP contribution in [-0.2, 0) is 9.53 Å². The molecule has 0 aliphatic carbocycles. The molecule has 0 bridgehead atoms. The number of aliphatic hydroxyl groups excluding tert-OH is 1. The van der Waals surface area contributed by atoms with Gasteiger partial charge in [0, 0.05) is 26.2 Å². The Hall–Kier alpha value is -0.410. The second-order valence-corrected chi connectivity index (χ2v) is 2.50. The summed E-state index contributed by atoms with van der Waals surface area (Å²) in [6, 6.07) is 0. The number of aliphatic hydroxyl groups is 1. The summed E-state index contributed by atoms with van der Waals surface area (Å²) in [5, 5.41) is 8.38. The van der Waals surface area contributed by atoms with Crippen LogP contribution in [0.25, 0.3) is 0 Å². The number of hydrogen-bond acceptors (Lipinski definition) is 3. The number of ether oxygens (including phenoxy) is 1. The molecular formula is C8H16O3. The van der Waals surface area contributed by atoms with E-state index < -0.39 is 0 Å². The minimum Gasteiger partial charge on any atom is -0.396 e. The van der Waals surface area contributed by atoms with Gasteiger partial charge in [-0.1, -0.05) is 0 Å². The first-order valence-corrected chi connectivity index (χ1v) is 3.95. The summed E-state index contributed by atoms with van der Waals surface area (Å²) in [6.07, 6.45) is 2.07. The number of rotatable bonds is 7. The van der Waals surface area contributed by atoms with Crippen LogP contribution in [0.15, 0.2) is 0 Å². The van der Waals surface area contributed by atoms with E-state index in [0.29, 0.717) is 26.1 Å². The molecule has 0 aliphatic rings. The summed E-state index contributed by atoms with van der Waals surface area (Å²) >= 11 is 0. The molecule has 0 aromatic rings. The summed E-state index contributed by atoms with van der Waals surface area (Å²) in [4.78, 5) is 10.4. The second-order valence-electron chi connectivity index (χ2n) is 2.50. The lowest BCUT2D eigenvalue weighted by molar-refractivity contribution is -0.117. The van der Waals surface area contributed by atoms with Crippen LogP contribution in [0.4, 0.5) is 0 Å².